The van der Waals surface area contributed by atoms with Crippen LogP contribution in [-0.2, 0) is 15.0 Å². The lowest BCUT2D eigenvalue weighted by atomic mass is 10.1. The average Bonchev–Trinajstić information content (AvgIpc) is 2.13. The van der Waals surface area contributed by atoms with Crippen LogP contribution in [0.3, 0.4) is 0 Å². The Labute approximate surface area is 89.0 Å². The van der Waals surface area contributed by atoms with Crippen LogP contribution in [0, 0.1) is 5.92 Å². The predicted molar refractivity (Wildman–Crippen MR) is 54.4 cm³/mol. The highest BCUT2D eigenvalue weighted by atomic mass is 32.2. The summed E-state index contributed by atoms with van der Waals surface area (Å²) in [5, 5.41) is 8.84. The largest absolute Gasteiger partial charge is 0.481 e. The molecule has 0 radical (unpaired) electrons. The summed E-state index contributed by atoms with van der Waals surface area (Å²) in [5.74, 6) is -1.66. The zero-order chi connectivity index (χ0) is 11.6. The molecule has 0 spiro atoms. The van der Waals surface area contributed by atoms with Gasteiger partial charge in [0.2, 0.25) is 0 Å². The summed E-state index contributed by atoms with van der Waals surface area (Å²) in [5.41, 5.74) is 0. The van der Waals surface area contributed by atoms with Crippen LogP contribution in [0.2, 0.25) is 0 Å². The summed E-state index contributed by atoms with van der Waals surface area (Å²) in [6, 6.07) is 0. The third-order valence-electron chi connectivity index (χ3n) is 2.30. The van der Waals surface area contributed by atoms with Crippen molar-refractivity contribution in [2.75, 3.05) is 26.7 Å². The van der Waals surface area contributed by atoms with Gasteiger partial charge in [0.05, 0.1) is 5.92 Å². The van der Waals surface area contributed by atoms with E-state index >= 15 is 0 Å². The molecule has 1 unspecified atom stereocenters. The molecule has 0 aromatic rings. The second-order valence-electron chi connectivity index (χ2n) is 3.43. The summed E-state index contributed by atoms with van der Waals surface area (Å²) in [6.07, 6.45) is 1.44. The molecule has 0 amide bonds. The Morgan fingerprint density at radius 1 is 1.60 bits per heavy atom. The Kier molecular flexibility index (Phi) is 3.48. The maximum absolute atomic E-state index is 11.7. The van der Waals surface area contributed by atoms with Crippen LogP contribution >= 0.6 is 0 Å². The van der Waals surface area contributed by atoms with E-state index in [9.17, 15) is 13.2 Å². The quantitative estimate of drug-likeness (QED) is 0.659. The van der Waals surface area contributed by atoms with Crippen molar-refractivity contribution < 1.29 is 18.3 Å². The highest BCUT2D eigenvalue weighted by Crippen LogP contribution is 2.18. The molecule has 1 atom stereocenters. The molecule has 1 aliphatic heterocycles. The summed E-state index contributed by atoms with van der Waals surface area (Å²) >= 11 is 0. The van der Waals surface area contributed by atoms with Crippen LogP contribution in [0.1, 0.15) is 0 Å². The maximum Gasteiger partial charge on any atom is 0.309 e. The third-order valence-corrected chi connectivity index (χ3v) is 4.19. The zero-order valence-corrected chi connectivity index (χ0v) is 9.27. The van der Waals surface area contributed by atoms with E-state index in [2.05, 4.69) is 6.58 Å². The van der Waals surface area contributed by atoms with Gasteiger partial charge in [-0.05, 0) is 0 Å². The van der Waals surface area contributed by atoms with E-state index in [0.29, 0.717) is 0 Å². The van der Waals surface area contributed by atoms with Crippen molar-refractivity contribution in [2.24, 2.45) is 5.92 Å². The van der Waals surface area contributed by atoms with Crippen LogP contribution in [-0.4, -0.2) is 54.8 Å². The molecule has 0 saturated carbocycles. The number of rotatable bonds is 3. The van der Waals surface area contributed by atoms with Crippen molar-refractivity contribution in [3.63, 3.8) is 0 Å². The van der Waals surface area contributed by atoms with E-state index in [1.54, 1.807) is 0 Å². The fourth-order valence-corrected chi connectivity index (χ4v) is 2.89. The van der Waals surface area contributed by atoms with E-state index in [4.69, 9.17) is 5.11 Å². The minimum atomic E-state index is -3.50. The number of hydrogen-bond donors (Lipinski definition) is 1. The number of carboxylic acids is 1. The summed E-state index contributed by atoms with van der Waals surface area (Å²) in [4.78, 5) is 10.8. The highest BCUT2D eigenvalue weighted by Gasteiger charge is 2.38. The van der Waals surface area contributed by atoms with Gasteiger partial charge < -0.3 is 5.11 Å². The molecule has 0 bridgehead atoms. The second-order valence-corrected chi connectivity index (χ2v) is 5.46. The molecule has 1 fully saturated rings. The van der Waals surface area contributed by atoms with Gasteiger partial charge in [-0.25, -0.2) is 0 Å². The standard InChI is InChI=1S/C8H14N2O4S/c1-3-4-10-6-7(8(11)12)5-9(2)15(10,13)14/h3,7H,1,4-6H2,2H3,(H,11,12). The fourth-order valence-electron chi connectivity index (χ4n) is 1.47. The Bertz CT molecular complexity index is 365. The first kappa shape index (κ1) is 12.2. The van der Waals surface area contributed by atoms with Gasteiger partial charge in [-0.15, -0.1) is 6.58 Å². The number of aliphatic carboxylic acids is 1. The van der Waals surface area contributed by atoms with Crippen LogP contribution in [0.25, 0.3) is 0 Å². The molecule has 1 rings (SSSR count). The molecule has 0 aromatic carbocycles. The predicted octanol–water partition coefficient (Wildman–Crippen LogP) is -0.635. The van der Waals surface area contributed by atoms with Crippen molar-refractivity contribution >= 4 is 16.2 Å². The SMILES string of the molecule is C=CCN1CC(C(=O)O)CN(C)S1(=O)=O. The minimum Gasteiger partial charge on any atom is -0.481 e. The summed E-state index contributed by atoms with van der Waals surface area (Å²) in [6.45, 7) is 3.61. The Morgan fingerprint density at radius 2 is 2.20 bits per heavy atom. The van der Waals surface area contributed by atoms with E-state index in [1.165, 1.54) is 13.1 Å². The van der Waals surface area contributed by atoms with Crippen LogP contribution in [0.15, 0.2) is 12.7 Å². The topological polar surface area (TPSA) is 77.9 Å². The monoisotopic (exact) mass is 234 g/mol. The molecule has 1 N–H and O–H groups in total. The maximum atomic E-state index is 11.7. The second kappa shape index (κ2) is 4.30. The Hall–Kier alpha value is -0.920. The van der Waals surface area contributed by atoms with Crippen molar-refractivity contribution in [1.29, 1.82) is 0 Å². The first-order chi connectivity index (χ1) is 6.89. The van der Waals surface area contributed by atoms with Crippen molar-refractivity contribution in [3.8, 4) is 0 Å². The highest BCUT2D eigenvalue weighted by molar-refractivity contribution is 7.86. The van der Waals surface area contributed by atoms with Crippen LogP contribution < -0.4 is 0 Å². The lowest BCUT2D eigenvalue weighted by Crippen LogP contribution is -2.53. The molecule has 15 heavy (non-hydrogen) atoms. The van der Waals surface area contributed by atoms with Crippen LogP contribution in [0.5, 0.6) is 0 Å². The summed E-state index contributed by atoms with van der Waals surface area (Å²) < 4.78 is 25.5. The van der Waals surface area contributed by atoms with Gasteiger partial charge >= 0.3 is 5.97 Å². The minimum absolute atomic E-state index is 0.00796. The smallest absolute Gasteiger partial charge is 0.309 e. The molecular formula is C8H14N2O4S. The molecule has 1 aliphatic rings. The number of carboxylic acid groups (broad SMARTS) is 1. The molecule has 86 valence electrons. The first-order valence-electron chi connectivity index (χ1n) is 4.44. The van der Waals surface area contributed by atoms with Gasteiger partial charge in [-0.2, -0.15) is 17.0 Å². The van der Waals surface area contributed by atoms with E-state index in [-0.39, 0.29) is 19.6 Å². The average molecular weight is 234 g/mol. The van der Waals surface area contributed by atoms with Gasteiger partial charge in [0.1, 0.15) is 0 Å². The molecule has 0 aliphatic carbocycles. The third kappa shape index (κ3) is 2.36. The normalized spacial score (nSPS) is 27.4. The lowest BCUT2D eigenvalue weighted by molar-refractivity contribution is -0.142. The molecule has 6 nitrogen and oxygen atoms in total. The van der Waals surface area contributed by atoms with Gasteiger partial charge in [0, 0.05) is 26.7 Å². The number of hydrogen-bond acceptors (Lipinski definition) is 3. The number of nitrogens with zero attached hydrogens (tertiary/aromatic N) is 2. The fraction of sp³-hybridized carbons (Fsp3) is 0.625. The van der Waals surface area contributed by atoms with Crippen molar-refractivity contribution in [1.82, 2.24) is 8.61 Å². The van der Waals surface area contributed by atoms with Crippen LogP contribution in [0.4, 0.5) is 0 Å². The number of carbonyl (C=O) groups is 1. The lowest BCUT2D eigenvalue weighted by Gasteiger charge is -2.35. The zero-order valence-electron chi connectivity index (χ0n) is 8.46. The van der Waals surface area contributed by atoms with Gasteiger partial charge in [0.25, 0.3) is 10.2 Å². The van der Waals surface area contributed by atoms with Gasteiger partial charge in [-0.3, -0.25) is 4.79 Å². The molecule has 1 saturated heterocycles. The Morgan fingerprint density at radius 3 is 2.67 bits per heavy atom. The summed E-state index contributed by atoms with van der Waals surface area (Å²) in [7, 11) is -2.12. The molecule has 1 heterocycles. The van der Waals surface area contributed by atoms with Crippen molar-refractivity contribution in [3.05, 3.63) is 12.7 Å². The van der Waals surface area contributed by atoms with E-state index in [0.717, 1.165) is 8.61 Å². The molecule has 7 heteroatoms. The van der Waals surface area contributed by atoms with Crippen molar-refractivity contribution in [2.45, 2.75) is 0 Å². The van der Waals surface area contributed by atoms with E-state index < -0.39 is 22.1 Å². The van der Waals surface area contributed by atoms with E-state index in [1.807, 2.05) is 0 Å². The van der Waals surface area contributed by atoms with Gasteiger partial charge in [-0.1, -0.05) is 6.08 Å². The molecular weight excluding hydrogens is 220 g/mol. The first-order valence-corrected chi connectivity index (χ1v) is 5.84. The molecule has 0 aromatic heterocycles. The van der Waals surface area contributed by atoms with Gasteiger partial charge in [0.15, 0.2) is 0 Å². The Balaban J connectivity index is 2.91.